The van der Waals surface area contributed by atoms with Crippen molar-refractivity contribution in [1.82, 2.24) is 0 Å². The zero-order chi connectivity index (χ0) is 4.12. The SMILES string of the molecule is [CH2-]CCC[O-].[Cl-].[Li+].[Mg+2]. The van der Waals surface area contributed by atoms with E-state index >= 15 is 0 Å². The minimum absolute atomic E-state index is 0. The largest absolute Gasteiger partial charge is 2.00 e. The second-order valence-corrected chi connectivity index (χ2v) is 0.911. The van der Waals surface area contributed by atoms with Gasteiger partial charge in [0.1, 0.15) is 0 Å². The Kier molecular flexibility index (Phi) is 66.4. The fourth-order valence-electron chi connectivity index (χ4n) is 0.102. The molecule has 4 heteroatoms. The van der Waals surface area contributed by atoms with Crippen LogP contribution in [0, 0.1) is 6.92 Å². The number of hydrogen-bond acceptors (Lipinski definition) is 1. The van der Waals surface area contributed by atoms with Gasteiger partial charge in [0.05, 0.1) is 0 Å². The van der Waals surface area contributed by atoms with Gasteiger partial charge in [-0.1, -0.05) is 6.42 Å². The van der Waals surface area contributed by atoms with E-state index in [9.17, 15) is 5.11 Å². The van der Waals surface area contributed by atoms with Crippen molar-refractivity contribution in [2.45, 2.75) is 12.8 Å². The minimum atomic E-state index is 0. The molecule has 1 nitrogen and oxygen atoms in total. The van der Waals surface area contributed by atoms with Gasteiger partial charge in [-0.15, -0.1) is 6.61 Å². The molecule has 0 radical (unpaired) electrons. The van der Waals surface area contributed by atoms with E-state index in [1.807, 2.05) is 0 Å². The predicted molar refractivity (Wildman–Crippen MR) is 25.2 cm³/mol. The molecule has 0 saturated carbocycles. The van der Waals surface area contributed by atoms with Gasteiger partial charge in [-0.3, -0.25) is 0 Å². The molecule has 0 atom stereocenters. The third-order valence-electron chi connectivity index (χ3n) is 0.394. The molecule has 0 aliphatic carbocycles. The Morgan fingerprint density at radius 2 is 1.75 bits per heavy atom. The van der Waals surface area contributed by atoms with E-state index in [4.69, 9.17) is 0 Å². The van der Waals surface area contributed by atoms with Crippen LogP contribution in [0.5, 0.6) is 0 Å². The number of halogens is 1. The first-order valence-corrected chi connectivity index (χ1v) is 1.79. The van der Waals surface area contributed by atoms with Gasteiger partial charge in [-0.2, -0.15) is 6.42 Å². The second-order valence-electron chi connectivity index (χ2n) is 0.911. The summed E-state index contributed by atoms with van der Waals surface area (Å²) in [6.45, 7) is 3.51. The van der Waals surface area contributed by atoms with Gasteiger partial charge >= 0.3 is 41.9 Å². The van der Waals surface area contributed by atoms with Crippen LogP contribution < -0.4 is 36.4 Å². The van der Waals surface area contributed by atoms with Crippen molar-refractivity contribution in [3.8, 4) is 0 Å². The summed E-state index contributed by atoms with van der Waals surface area (Å²) < 4.78 is 0. The van der Waals surface area contributed by atoms with Gasteiger partial charge in [0.2, 0.25) is 0 Å². The Labute approximate surface area is 85.3 Å². The summed E-state index contributed by atoms with van der Waals surface area (Å²) in [5, 5.41) is 9.49. The van der Waals surface area contributed by atoms with E-state index in [-0.39, 0.29) is 60.9 Å². The maximum absolute atomic E-state index is 9.49. The van der Waals surface area contributed by atoms with Crippen molar-refractivity contribution >= 4 is 23.1 Å². The second kappa shape index (κ2) is 23.5. The molecular weight excluding hydrogens is 131 g/mol. The van der Waals surface area contributed by atoms with Gasteiger partial charge in [-0.05, 0) is 0 Å². The molecule has 0 bridgehead atoms. The average molecular weight is 139 g/mol. The summed E-state index contributed by atoms with van der Waals surface area (Å²) in [5.41, 5.74) is 0. The summed E-state index contributed by atoms with van der Waals surface area (Å²) in [6, 6.07) is 0. The Bertz CT molecular complexity index is 23.5. The fourth-order valence-corrected chi connectivity index (χ4v) is 0.102. The third-order valence-corrected chi connectivity index (χ3v) is 0.394. The van der Waals surface area contributed by atoms with E-state index < -0.39 is 0 Å². The van der Waals surface area contributed by atoms with Crippen LogP contribution in [0.2, 0.25) is 0 Å². The number of hydrogen-bond donors (Lipinski definition) is 0. The summed E-state index contributed by atoms with van der Waals surface area (Å²) in [4.78, 5) is 0. The molecule has 0 fully saturated rings. The van der Waals surface area contributed by atoms with Crippen LogP contribution in [0.25, 0.3) is 0 Å². The van der Waals surface area contributed by atoms with Crippen molar-refractivity contribution in [1.29, 1.82) is 0 Å². The summed E-state index contributed by atoms with van der Waals surface area (Å²) >= 11 is 0. The van der Waals surface area contributed by atoms with Gasteiger partial charge in [0.25, 0.3) is 0 Å². The van der Waals surface area contributed by atoms with Crippen LogP contribution in [0.4, 0.5) is 0 Å². The molecule has 0 saturated heterocycles. The van der Waals surface area contributed by atoms with Crippen LogP contribution in [-0.2, 0) is 0 Å². The number of unbranched alkanes of at least 4 members (excludes halogenated alkanes) is 1. The molecule has 0 spiro atoms. The summed E-state index contributed by atoms with van der Waals surface area (Å²) in [5.74, 6) is 0. The standard InChI is InChI=1S/C4H8O.ClH.Li.Mg/c1-2-3-4-5;;;/h1-4H2;1H;;/q-2;;+1;+2/p-1. The Balaban J connectivity index is -0.0000000267. The molecule has 0 aliphatic rings. The van der Waals surface area contributed by atoms with Crippen LogP contribution >= 0.6 is 0 Å². The van der Waals surface area contributed by atoms with Crippen LogP contribution in [0.1, 0.15) is 12.8 Å². The van der Waals surface area contributed by atoms with Crippen molar-refractivity contribution in [2.24, 2.45) is 0 Å². The van der Waals surface area contributed by atoms with Gasteiger partial charge in [0, 0.05) is 0 Å². The van der Waals surface area contributed by atoms with Crippen molar-refractivity contribution in [2.75, 3.05) is 6.61 Å². The van der Waals surface area contributed by atoms with Gasteiger partial charge < -0.3 is 24.4 Å². The molecule has 0 N–H and O–H groups in total. The van der Waals surface area contributed by atoms with Crippen molar-refractivity contribution in [3.05, 3.63) is 6.92 Å². The first-order chi connectivity index (χ1) is 2.41. The van der Waals surface area contributed by atoms with E-state index in [1.165, 1.54) is 0 Å². The van der Waals surface area contributed by atoms with E-state index in [0.29, 0.717) is 0 Å². The normalized spacial score (nSPS) is 5.25. The van der Waals surface area contributed by atoms with Gasteiger partial charge in [0.15, 0.2) is 0 Å². The zero-order valence-electron chi connectivity index (χ0n) is 5.32. The van der Waals surface area contributed by atoms with Crippen molar-refractivity contribution < 1.29 is 36.4 Å². The molecule has 0 rings (SSSR count). The Morgan fingerprint density at radius 3 is 1.75 bits per heavy atom. The van der Waals surface area contributed by atoms with Crippen molar-refractivity contribution in [3.63, 3.8) is 0 Å². The maximum Gasteiger partial charge on any atom is 2.00 e. The molecule has 0 aromatic heterocycles. The molecular formula is C4H8ClLiMgO. The molecule has 0 aromatic rings. The van der Waals surface area contributed by atoms with Crippen LogP contribution in [0.3, 0.4) is 0 Å². The van der Waals surface area contributed by atoms with E-state index in [2.05, 4.69) is 6.92 Å². The first kappa shape index (κ1) is 22.6. The average Bonchev–Trinajstić information content (AvgIpc) is 1.41. The molecule has 0 aromatic carbocycles. The van der Waals surface area contributed by atoms with E-state index in [1.54, 1.807) is 0 Å². The smallest absolute Gasteiger partial charge is 1.00 e. The van der Waals surface area contributed by atoms with Gasteiger partial charge in [-0.25, -0.2) is 0 Å². The quantitative estimate of drug-likeness (QED) is 0.275. The topological polar surface area (TPSA) is 23.1 Å². The minimum Gasteiger partial charge on any atom is -1.00 e. The zero-order valence-corrected chi connectivity index (χ0v) is 7.49. The molecule has 40 valence electrons. The molecule has 0 unspecified atom stereocenters. The summed E-state index contributed by atoms with van der Waals surface area (Å²) in [6.07, 6.45) is 1.50. The molecule has 0 heterocycles. The monoisotopic (exact) mass is 138 g/mol. The summed E-state index contributed by atoms with van der Waals surface area (Å²) in [7, 11) is 0. The predicted octanol–water partition coefficient (Wildman–Crippen LogP) is -6.41. The van der Waals surface area contributed by atoms with Crippen LogP contribution in [0.15, 0.2) is 0 Å². The Hall–Kier alpha value is 1.61. The molecule has 8 heavy (non-hydrogen) atoms. The number of rotatable bonds is 2. The van der Waals surface area contributed by atoms with Crippen LogP contribution in [-0.4, -0.2) is 29.7 Å². The maximum atomic E-state index is 9.49. The van der Waals surface area contributed by atoms with E-state index in [0.717, 1.165) is 12.8 Å². The Morgan fingerprint density at radius 1 is 1.38 bits per heavy atom. The first-order valence-electron chi connectivity index (χ1n) is 1.79. The molecule has 0 amide bonds. The fraction of sp³-hybridized carbons (Fsp3) is 0.750. The molecule has 0 aliphatic heterocycles. The third kappa shape index (κ3) is 25.5.